The maximum Gasteiger partial charge on any atom is 0.296 e. The molecule has 9 heteroatoms. The summed E-state index contributed by atoms with van der Waals surface area (Å²) in [5.41, 5.74) is 0.499. The molecule has 0 bridgehead atoms. The molecule has 1 aromatic carbocycles. The summed E-state index contributed by atoms with van der Waals surface area (Å²) < 4.78 is 23.6. The van der Waals surface area contributed by atoms with Gasteiger partial charge in [0.1, 0.15) is 23.1 Å². The minimum Gasteiger partial charge on any atom is -0.377 e. The summed E-state index contributed by atoms with van der Waals surface area (Å²) in [4.78, 5) is 12.1. The number of ether oxygens (including phenoxy) is 1. The van der Waals surface area contributed by atoms with Crippen LogP contribution in [-0.4, -0.2) is 28.4 Å². The number of amides is 1. The van der Waals surface area contributed by atoms with Crippen LogP contribution in [0.15, 0.2) is 34.9 Å². The number of methoxy groups -OCH3 is 1. The number of carbonyl (C=O) groups excluding carboxylic acids is 1. The van der Waals surface area contributed by atoms with Gasteiger partial charge in [0, 0.05) is 18.7 Å². The van der Waals surface area contributed by atoms with E-state index in [4.69, 9.17) is 9.26 Å². The molecule has 0 radical (unpaired) electrons. The van der Waals surface area contributed by atoms with Gasteiger partial charge >= 0.3 is 0 Å². The van der Waals surface area contributed by atoms with E-state index in [0.717, 1.165) is 0 Å². The highest BCUT2D eigenvalue weighted by Crippen LogP contribution is 2.23. The number of hydrogen-bond acceptors (Lipinski definition) is 7. The Kier molecular flexibility index (Phi) is 4.40. The normalized spacial score (nSPS) is 10.7. The van der Waals surface area contributed by atoms with Crippen LogP contribution < -0.4 is 5.32 Å². The highest BCUT2D eigenvalue weighted by atomic mass is 32.1. The van der Waals surface area contributed by atoms with E-state index in [1.54, 1.807) is 25.3 Å². The van der Waals surface area contributed by atoms with E-state index in [1.807, 2.05) is 0 Å². The van der Waals surface area contributed by atoms with E-state index >= 15 is 0 Å². The minimum atomic E-state index is -0.541. The minimum absolute atomic E-state index is 0.0493. The Morgan fingerprint density at radius 2 is 2.22 bits per heavy atom. The lowest BCUT2D eigenvalue weighted by atomic mass is 10.1. The summed E-state index contributed by atoms with van der Waals surface area (Å²) in [6.07, 6.45) is 0. The van der Waals surface area contributed by atoms with Crippen molar-refractivity contribution in [2.45, 2.75) is 6.61 Å². The summed E-state index contributed by atoms with van der Waals surface area (Å²) >= 11 is 1.18. The smallest absolute Gasteiger partial charge is 0.296 e. The fraction of sp³-hybridized carbons (Fsp3) is 0.143. The molecule has 2 heterocycles. The van der Waals surface area contributed by atoms with Crippen LogP contribution in [0, 0.1) is 5.82 Å². The molecule has 0 aliphatic carbocycles. The van der Waals surface area contributed by atoms with E-state index in [9.17, 15) is 9.18 Å². The molecule has 0 aliphatic heterocycles. The van der Waals surface area contributed by atoms with Crippen LogP contribution in [0.3, 0.4) is 0 Å². The Morgan fingerprint density at radius 1 is 1.39 bits per heavy atom. The van der Waals surface area contributed by atoms with Gasteiger partial charge in [0.2, 0.25) is 10.9 Å². The number of carbonyl (C=O) groups is 1. The van der Waals surface area contributed by atoms with Gasteiger partial charge in [-0.3, -0.25) is 10.1 Å². The topological polar surface area (TPSA) is 90.1 Å². The third kappa shape index (κ3) is 3.41. The average molecular weight is 334 g/mol. The number of nitrogens with one attached hydrogen (secondary N) is 1. The van der Waals surface area contributed by atoms with Crippen LogP contribution in [0.25, 0.3) is 11.3 Å². The van der Waals surface area contributed by atoms with Crippen LogP contribution >= 0.6 is 11.3 Å². The molecular formula is C14H11FN4O3S. The standard InChI is InChI=1S/C14H11FN4O3S/c1-21-7-12-17-18-14(23-12)16-13(20)11-6-10(19-22-11)8-4-2-3-5-9(8)15/h2-6H,7H2,1H3,(H,16,18,20). The molecule has 0 saturated heterocycles. The van der Waals surface area contributed by atoms with E-state index < -0.39 is 11.7 Å². The van der Waals surface area contributed by atoms with Crippen molar-refractivity contribution in [3.8, 4) is 11.3 Å². The number of nitrogens with zero attached hydrogens (tertiary/aromatic N) is 3. The quantitative estimate of drug-likeness (QED) is 0.771. The Hall–Kier alpha value is -2.65. The van der Waals surface area contributed by atoms with E-state index in [0.29, 0.717) is 16.7 Å². The third-order valence-electron chi connectivity index (χ3n) is 2.84. The maximum absolute atomic E-state index is 13.7. The van der Waals surface area contributed by atoms with E-state index in [2.05, 4.69) is 20.7 Å². The molecule has 23 heavy (non-hydrogen) atoms. The molecule has 3 aromatic rings. The highest BCUT2D eigenvalue weighted by molar-refractivity contribution is 7.15. The van der Waals surface area contributed by atoms with Gasteiger partial charge in [0.05, 0.1) is 0 Å². The molecule has 1 amide bonds. The summed E-state index contributed by atoms with van der Waals surface area (Å²) in [6.45, 7) is 0.313. The molecule has 0 spiro atoms. The molecule has 7 nitrogen and oxygen atoms in total. The first-order valence-electron chi connectivity index (χ1n) is 6.51. The summed E-state index contributed by atoms with van der Waals surface area (Å²) in [7, 11) is 1.54. The Balaban J connectivity index is 1.74. The predicted molar refractivity (Wildman–Crippen MR) is 80.5 cm³/mol. The molecule has 0 fully saturated rings. The molecule has 0 aliphatic rings. The van der Waals surface area contributed by atoms with Crippen molar-refractivity contribution in [2.24, 2.45) is 0 Å². The predicted octanol–water partition coefficient (Wildman–Crippen LogP) is 2.73. The van der Waals surface area contributed by atoms with Crippen molar-refractivity contribution in [3.63, 3.8) is 0 Å². The lowest BCUT2D eigenvalue weighted by Crippen LogP contribution is -2.10. The fourth-order valence-electron chi connectivity index (χ4n) is 1.82. The van der Waals surface area contributed by atoms with Gasteiger partial charge in [-0.15, -0.1) is 10.2 Å². The van der Waals surface area contributed by atoms with Crippen LogP contribution in [-0.2, 0) is 11.3 Å². The van der Waals surface area contributed by atoms with E-state index in [-0.39, 0.29) is 17.0 Å². The Morgan fingerprint density at radius 3 is 3.00 bits per heavy atom. The first kappa shape index (κ1) is 15.3. The second-order valence-electron chi connectivity index (χ2n) is 4.44. The third-order valence-corrected chi connectivity index (χ3v) is 3.65. The number of benzene rings is 1. The van der Waals surface area contributed by atoms with Crippen molar-refractivity contribution in [1.29, 1.82) is 0 Å². The van der Waals surface area contributed by atoms with Gasteiger partial charge in [-0.05, 0) is 12.1 Å². The molecule has 3 rings (SSSR count). The maximum atomic E-state index is 13.7. The zero-order valence-electron chi connectivity index (χ0n) is 11.9. The van der Waals surface area contributed by atoms with Gasteiger partial charge < -0.3 is 9.26 Å². The molecule has 0 atom stereocenters. The van der Waals surface area contributed by atoms with Crippen molar-refractivity contribution in [2.75, 3.05) is 12.4 Å². The van der Waals surface area contributed by atoms with Gasteiger partial charge in [-0.1, -0.05) is 28.6 Å². The fourth-order valence-corrected chi connectivity index (χ4v) is 2.53. The van der Waals surface area contributed by atoms with Crippen LogP contribution in [0.5, 0.6) is 0 Å². The van der Waals surface area contributed by atoms with Crippen molar-refractivity contribution in [1.82, 2.24) is 15.4 Å². The molecule has 0 saturated carbocycles. The van der Waals surface area contributed by atoms with Gasteiger partial charge in [0.15, 0.2) is 0 Å². The summed E-state index contributed by atoms with van der Waals surface area (Å²) in [5, 5.41) is 14.9. The van der Waals surface area contributed by atoms with Crippen LogP contribution in [0.4, 0.5) is 9.52 Å². The SMILES string of the molecule is COCc1nnc(NC(=O)c2cc(-c3ccccc3F)no2)s1. The van der Waals surface area contributed by atoms with Crippen LogP contribution in [0.2, 0.25) is 0 Å². The van der Waals surface area contributed by atoms with Crippen molar-refractivity contribution >= 4 is 22.4 Å². The Labute approximate surface area is 134 Å². The second kappa shape index (κ2) is 6.63. The Bertz CT molecular complexity index is 833. The second-order valence-corrected chi connectivity index (χ2v) is 5.51. The molecule has 2 aromatic heterocycles. The first-order valence-corrected chi connectivity index (χ1v) is 7.33. The van der Waals surface area contributed by atoms with Gasteiger partial charge in [-0.2, -0.15) is 0 Å². The molecule has 0 unspecified atom stereocenters. The number of anilines is 1. The average Bonchev–Trinajstić information content (AvgIpc) is 3.18. The first-order chi connectivity index (χ1) is 11.2. The van der Waals surface area contributed by atoms with Crippen molar-refractivity contribution < 1.29 is 18.4 Å². The largest absolute Gasteiger partial charge is 0.377 e. The van der Waals surface area contributed by atoms with Crippen LogP contribution in [0.1, 0.15) is 15.6 Å². The van der Waals surface area contributed by atoms with Crippen molar-refractivity contribution in [3.05, 3.63) is 46.9 Å². The summed E-state index contributed by atoms with van der Waals surface area (Å²) in [5.74, 6) is -1.03. The molecule has 118 valence electrons. The monoisotopic (exact) mass is 334 g/mol. The zero-order valence-corrected chi connectivity index (χ0v) is 12.8. The van der Waals surface area contributed by atoms with Gasteiger partial charge in [0.25, 0.3) is 5.91 Å². The number of halogens is 1. The number of hydrogen-bond donors (Lipinski definition) is 1. The molecular weight excluding hydrogens is 323 g/mol. The lowest BCUT2D eigenvalue weighted by molar-refractivity contribution is 0.0988. The molecule has 1 N–H and O–H groups in total. The zero-order chi connectivity index (χ0) is 16.2. The lowest BCUT2D eigenvalue weighted by Gasteiger charge is -1.96. The van der Waals surface area contributed by atoms with E-state index in [1.165, 1.54) is 23.5 Å². The van der Waals surface area contributed by atoms with Gasteiger partial charge in [-0.25, -0.2) is 4.39 Å². The number of aromatic nitrogens is 3. The summed E-state index contributed by atoms with van der Waals surface area (Å²) in [6, 6.07) is 7.47. The number of rotatable bonds is 5. The highest BCUT2D eigenvalue weighted by Gasteiger charge is 2.17.